The highest BCUT2D eigenvalue weighted by Crippen LogP contribution is 2.17. The molecule has 0 radical (unpaired) electrons. The zero-order valence-electron chi connectivity index (χ0n) is 13.9. The molecule has 0 aliphatic carbocycles. The fourth-order valence-corrected chi connectivity index (χ4v) is 2.45. The monoisotopic (exact) mass is 326 g/mol. The van der Waals surface area contributed by atoms with Gasteiger partial charge in [0.2, 0.25) is 5.91 Å². The lowest BCUT2D eigenvalue weighted by Gasteiger charge is -2.20. The van der Waals surface area contributed by atoms with E-state index in [0.717, 1.165) is 16.7 Å². The Morgan fingerprint density at radius 1 is 1.08 bits per heavy atom. The number of carbonyl (C=O) groups excluding carboxylic acids is 2. The molecule has 0 aliphatic heterocycles. The molecule has 2 atom stereocenters. The second kappa shape index (κ2) is 8.26. The minimum Gasteiger partial charge on any atom is -0.368 e. The second-order valence-electron chi connectivity index (χ2n) is 5.68. The summed E-state index contributed by atoms with van der Waals surface area (Å²) < 4.78 is 5.28. The SMILES string of the molecule is CO[C@H](C(=O)N[C@H](Cc1ccc(C)cc1)C(N)=O)c1ccccc1. The van der Waals surface area contributed by atoms with Gasteiger partial charge in [0.05, 0.1) is 0 Å². The molecule has 0 saturated carbocycles. The predicted octanol–water partition coefficient (Wildman–Crippen LogP) is 1.90. The number of hydrogen-bond donors (Lipinski definition) is 2. The first-order chi connectivity index (χ1) is 11.5. The molecule has 2 amide bonds. The quantitative estimate of drug-likeness (QED) is 0.815. The van der Waals surface area contributed by atoms with Crippen LogP contribution in [0.1, 0.15) is 22.8 Å². The highest BCUT2D eigenvalue weighted by atomic mass is 16.5. The first-order valence-corrected chi connectivity index (χ1v) is 7.74. The molecule has 0 spiro atoms. The predicted molar refractivity (Wildman–Crippen MR) is 92.2 cm³/mol. The summed E-state index contributed by atoms with van der Waals surface area (Å²) >= 11 is 0. The van der Waals surface area contributed by atoms with Crippen LogP contribution in [-0.4, -0.2) is 25.0 Å². The van der Waals surface area contributed by atoms with E-state index in [9.17, 15) is 9.59 Å². The van der Waals surface area contributed by atoms with Crippen molar-refractivity contribution in [1.82, 2.24) is 5.32 Å². The number of benzene rings is 2. The number of amides is 2. The van der Waals surface area contributed by atoms with Gasteiger partial charge in [0.15, 0.2) is 6.10 Å². The Balaban J connectivity index is 2.10. The number of aryl methyl sites for hydroxylation is 1. The van der Waals surface area contributed by atoms with Crippen molar-refractivity contribution in [2.45, 2.75) is 25.5 Å². The van der Waals surface area contributed by atoms with Crippen LogP contribution in [-0.2, 0) is 20.7 Å². The molecule has 0 saturated heterocycles. The van der Waals surface area contributed by atoms with E-state index < -0.39 is 18.1 Å². The number of carbonyl (C=O) groups is 2. The van der Waals surface area contributed by atoms with Crippen LogP contribution in [0.4, 0.5) is 0 Å². The standard InChI is InChI=1S/C19H22N2O3/c1-13-8-10-14(11-9-13)12-16(18(20)22)21-19(23)17(24-2)15-6-4-3-5-7-15/h3-11,16-17H,12H2,1-2H3,(H2,20,22)(H,21,23)/t16-,17+/m1/s1. The lowest BCUT2D eigenvalue weighted by Crippen LogP contribution is -2.47. The van der Waals surface area contributed by atoms with Crippen molar-refractivity contribution in [3.63, 3.8) is 0 Å². The third-order valence-corrected chi connectivity index (χ3v) is 3.80. The van der Waals surface area contributed by atoms with E-state index in [-0.39, 0.29) is 5.91 Å². The lowest BCUT2D eigenvalue weighted by molar-refractivity contribution is -0.134. The molecular weight excluding hydrogens is 304 g/mol. The molecule has 5 nitrogen and oxygen atoms in total. The topological polar surface area (TPSA) is 81.4 Å². The summed E-state index contributed by atoms with van der Waals surface area (Å²) in [5.41, 5.74) is 8.22. The summed E-state index contributed by atoms with van der Waals surface area (Å²) in [6.07, 6.45) is -0.446. The molecule has 126 valence electrons. The van der Waals surface area contributed by atoms with Gasteiger partial charge in [0, 0.05) is 13.5 Å². The Hall–Kier alpha value is -2.66. The minimum absolute atomic E-state index is 0.340. The van der Waals surface area contributed by atoms with Crippen LogP contribution in [0.2, 0.25) is 0 Å². The van der Waals surface area contributed by atoms with Crippen LogP contribution >= 0.6 is 0 Å². The molecule has 0 bridgehead atoms. The summed E-state index contributed by atoms with van der Waals surface area (Å²) in [5.74, 6) is -0.966. The maximum absolute atomic E-state index is 12.5. The molecule has 2 rings (SSSR count). The van der Waals surface area contributed by atoms with E-state index in [1.807, 2.05) is 49.4 Å². The normalized spacial score (nSPS) is 13.1. The van der Waals surface area contributed by atoms with Crippen molar-refractivity contribution in [3.05, 3.63) is 71.3 Å². The minimum atomic E-state index is -0.790. The molecule has 3 N–H and O–H groups in total. The Bertz CT molecular complexity index is 684. The number of primary amides is 1. The summed E-state index contributed by atoms with van der Waals surface area (Å²) in [6.45, 7) is 1.99. The van der Waals surface area contributed by atoms with Gasteiger partial charge in [0.25, 0.3) is 5.91 Å². The van der Waals surface area contributed by atoms with Gasteiger partial charge < -0.3 is 15.8 Å². The zero-order chi connectivity index (χ0) is 17.5. The van der Waals surface area contributed by atoms with Gasteiger partial charge in [-0.3, -0.25) is 9.59 Å². The van der Waals surface area contributed by atoms with Gasteiger partial charge in [-0.25, -0.2) is 0 Å². The van der Waals surface area contributed by atoms with Crippen molar-refractivity contribution >= 4 is 11.8 Å². The number of ether oxygens (including phenoxy) is 1. The highest BCUT2D eigenvalue weighted by molar-refractivity contribution is 5.89. The van der Waals surface area contributed by atoms with E-state index in [1.165, 1.54) is 7.11 Å². The van der Waals surface area contributed by atoms with Crippen LogP contribution in [0.5, 0.6) is 0 Å². The number of hydrogen-bond acceptors (Lipinski definition) is 3. The van der Waals surface area contributed by atoms with E-state index >= 15 is 0 Å². The second-order valence-corrected chi connectivity index (χ2v) is 5.68. The molecule has 0 heterocycles. The average molecular weight is 326 g/mol. The summed E-state index contributed by atoms with van der Waals surface area (Å²) in [4.78, 5) is 24.2. The maximum Gasteiger partial charge on any atom is 0.254 e. The Morgan fingerprint density at radius 3 is 2.25 bits per heavy atom. The van der Waals surface area contributed by atoms with Crippen LogP contribution in [0.3, 0.4) is 0 Å². The first-order valence-electron chi connectivity index (χ1n) is 7.74. The molecule has 2 aromatic rings. The van der Waals surface area contributed by atoms with Crippen molar-refractivity contribution in [2.75, 3.05) is 7.11 Å². The lowest BCUT2D eigenvalue weighted by atomic mass is 10.0. The Labute approximate surface area is 141 Å². The van der Waals surface area contributed by atoms with Gasteiger partial charge in [-0.1, -0.05) is 60.2 Å². The zero-order valence-corrected chi connectivity index (χ0v) is 13.9. The van der Waals surface area contributed by atoms with Gasteiger partial charge >= 0.3 is 0 Å². The number of nitrogens with two attached hydrogens (primary N) is 1. The van der Waals surface area contributed by atoms with Crippen molar-refractivity contribution in [1.29, 1.82) is 0 Å². The van der Waals surface area contributed by atoms with Crippen molar-refractivity contribution in [2.24, 2.45) is 5.73 Å². The third kappa shape index (κ3) is 4.67. The molecule has 24 heavy (non-hydrogen) atoms. The largest absolute Gasteiger partial charge is 0.368 e. The van der Waals surface area contributed by atoms with E-state index in [2.05, 4.69) is 5.32 Å². The van der Waals surface area contributed by atoms with Crippen LogP contribution in [0.15, 0.2) is 54.6 Å². The van der Waals surface area contributed by atoms with Crippen LogP contribution in [0, 0.1) is 6.92 Å². The molecule has 0 fully saturated rings. The van der Waals surface area contributed by atoms with Gasteiger partial charge in [0.1, 0.15) is 6.04 Å². The molecule has 0 aromatic heterocycles. The first kappa shape index (κ1) is 17.7. The maximum atomic E-state index is 12.5. The number of nitrogens with one attached hydrogen (secondary N) is 1. The molecule has 2 aromatic carbocycles. The summed E-state index contributed by atoms with van der Waals surface area (Å²) in [6, 6.07) is 16.1. The smallest absolute Gasteiger partial charge is 0.254 e. The van der Waals surface area contributed by atoms with E-state index in [0.29, 0.717) is 6.42 Å². The van der Waals surface area contributed by atoms with Gasteiger partial charge in [-0.15, -0.1) is 0 Å². The Kier molecular flexibility index (Phi) is 6.09. The third-order valence-electron chi connectivity index (χ3n) is 3.80. The molecular formula is C19H22N2O3. The fourth-order valence-electron chi connectivity index (χ4n) is 2.45. The van der Waals surface area contributed by atoms with Crippen LogP contribution < -0.4 is 11.1 Å². The highest BCUT2D eigenvalue weighted by Gasteiger charge is 2.25. The van der Waals surface area contributed by atoms with E-state index in [1.54, 1.807) is 12.1 Å². The van der Waals surface area contributed by atoms with Gasteiger partial charge in [-0.2, -0.15) is 0 Å². The summed E-state index contributed by atoms with van der Waals surface area (Å²) in [7, 11) is 1.45. The summed E-state index contributed by atoms with van der Waals surface area (Å²) in [5, 5.41) is 2.69. The average Bonchev–Trinajstić information content (AvgIpc) is 2.57. The van der Waals surface area contributed by atoms with Gasteiger partial charge in [-0.05, 0) is 18.1 Å². The number of rotatable bonds is 7. The molecule has 0 aliphatic rings. The Morgan fingerprint density at radius 2 is 1.71 bits per heavy atom. The molecule has 0 unspecified atom stereocenters. The van der Waals surface area contributed by atoms with Crippen molar-refractivity contribution in [3.8, 4) is 0 Å². The molecule has 5 heteroatoms. The van der Waals surface area contributed by atoms with Crippen LogP contribution in [0.25, 0.3) is 0 Å². The van der Waals surface area contributed by atoms with E-state index in [4.69, 9.17) is 10.5 Å². The fraction of sp³-hybridized carbons (Fsp3) is 0.263. The number of methoxy groups -OCH3 is 1. The van der Waals surface area contributed by atoms with Crippen molar-refractivity contribution < 1.29 is 14.3 Å².